The molecular weight excluding hydrogens is 316 g/mol. The van der Waals surface area contributed by atoms with E-state index in [9.17, 15) is 5.11 Å². The van der Waals surface area contributed by atoms with Crippen LogP contribution in [0, 0.1) is 50.4 Å². The predicted octanol–water partition coefficient (Wildman–Crippen LogP) is 6.46. The molecule has 2 aliphatic carbocycles. The summed E-state index contributed by atoms with van der Waals surface area (Å²) in [4.78, 5) is 0. The van der Waals surface area contributed by atoms with Crippen molar-refractivity contribution >= 4 is 0 Å². The van der Waals surface area contributed by atoms with Gasteiger partial charge in [0.05, 0.1) is 5.60 Å². The Balaban J connectivity index is 2.04. The van der Waals surface area contributed by atoms with Gasteiger partial charge in [-0.2, -0.15) is 0 Å². The van der Waals surface area contributed by atoms with Crippen molar-refractivity contribution in [1.29, 1.82) is 0 Å². The predicted molar refractivity (Wildman–Crippen MR) is 112 cm³/mol. The molecule has 0 amide bonds. The zero-order valence-electron chi connectivity index (χ0n) is 18.4. The summed E-state index contributed by atoms with van der Waals surface area (Å²) in [6, 6.07) is 2.40. The van der Waals surface area contributed by atoms with E-state index in [1.54, 1.807) is 0 Å². The zero-order valence-corrected chi connectivity index (χ0v) is 18.4. The molecule has 26 heavy (non-hydrogen) atoms. The lowest BCUT2D eigenvalue weighted by atomic mass is 9.45. The van der Waals surface area contributed by atoms with E-state index in [-0.39, 0.29) is 5.41 Å². The van der Waals surface area contributed by atoms with Crippen molar-refractivity contribution < 1.29 is 5.11 Å². The van der Waals surface area contributed by atoms with Crippen molar-refractivity contribution in [3.8, 4) is 0 Å². The highest BCUT2D eigenvalue weighted by molar-refractivity contribution is 5.44. The van der Waals surface area contributed by atoms with Crippen LogP contribution in [0.4, 0.5) is 0 Å². The van der Waals surface area contributed by atoms with E-state index in [0.29, 0.717) is 11.3 Å². The Hall–Kier alpha value is -0.820. The topological polar surface area (TPSA) is 20.2 Å². The molecule has 0 bridgehead atoms. The molecule has 0 heterocycles. The van der Waals surface area contributed by atoms with Gasteiger partial charge >= 0.3 is 0 Å². The maximum atomic E-state index is 11.5. The third kappa shape index (κ3) is 3.05. The van der Waals surface area contributed by atoms with Crippen LogP contribution in [0.5, 0.6) is 0 Å². The van der Waals surface area contributed by atoms with Gasteiger partial charge in [-0.25, -0.2) is 0 Å². The van der Waals surface area contributed by atoms with Crippen LogP contribution in [0.25, 0.3) is 0 Å². The minimum atomic E-state index is -0.558. The van der Waals surface area contributed by atoms with E-state index < -0.39 is 5.60 Å². The Morgan fingerprint density at radius 3 is 2.23 bits per heavy atom. The highest BCUT2D eigenvalue weighted by atomic mass is 16.3. The second-order valence-corrected chi connectivity index (χ2v) is 10.8. The molecule has 1 aromatic rings. The third-order valence-corrected chi connectivity index (χ3v) is 8.77. The van der Waals surface area contributed by atoms with Gasteiger partial charge in [-0.15, -0.1) is 0 Å². The molecule has 2 fully saturated rings. The van der Waals surface area contributed by atoms with Crippen LogP contribution in [0.1, 0.15) is 87.6 Å². The molecule has 3 rings (SSSR count). The molecule has 2 aliphatic rings. The summed E-state index contributed by atoms with van der Waals surface area (Å²) in [7, 11) is 0. The lowest BCUT2D eigenvalue weighted by Gasteiger charge is -2.61. The van der Waals surface area contributed by atoms with Crippen molar-refractivity contribution in [3.05, 3.63) is 33.9 Å². The van der Waals surface area contributed by atoms with Crippen molar-refractivity contribution in [3.63, 3.8) is 0 Å². The lowest BCUT2D eigenvalue weighted by Crippen LogP contribution is -2.58. The minimum absolute atomic E-state index is 0.239. The minimum Gasteiger partial charge on any atom is -0.390 e. The molecule has 0 saturated heterocycles. The van der Waals surface area contributed by atoms with Gasteiger partial charge < -0.3 is 5.11 Å². The Labute approximate surface area is 161 Å². The van der Waals surface area contributed by atoms with E-state index in [1.807, 2.05) is 0 Å². The van der Waals surface area contributed by atoms with Crippen molar-refractivity contribution in [1.82, 2.24) is 0 Å². The summed E-state index contributed by atoms with van der Waals surface area (Å²) >= 11 is 0. The SMILES string of the molecule is Cc1cc(C[C@@H]2[C@@]3(C)CCCC(C)(C)C3CC[C@@]2(C)O)c(C)c(C)c1C. The molecule has 1 nitrogen and oxygen atoms in total. The molecule has 2 saturated carbocycles. The zero-order chi connectivity index (χ0) is 19.5. The van der Waals surface area contributed by atoms with Gasteiger partial charge in [0.25, 0.3) is 0 Å². The molecule has 1 unspecified atom stereocenters. The smallest absolute Gasteiger partial charge is 0.0656 e. The third-order valence-electron chi connectivity index (χ3n) is 8.77. The van der Waals surface area contributed by atoms with Crippen LogP contribution >= 0.6 is 0 Å². The van der Waals surface area contributed by atoms with E-state index >= 15 is 0 Å². The van der Waals surface area contributed by atoms with Crippen molar-refractivity contribution in [2.45, 2.75) is 99.5 Å². The first-order valence-electron chi connectivity index (χ1n) is 10.7. The summed E-state index contributed by atoms with van der Waals surface area (Å²) in [6.45, 7) is 18.6. The number of benzene rings is 1. The standard InChI is InChI=1S/C25H40O/c1-16-14-20(19(4)18(3)17(16)2)15-22-24(7)12-9-11-23(5,6)21(24)10-13-25(22,8)26/h14,21-22,26H,9-13,15H2,1-8H3/t21?,22-,24+,25-/m1/s1. The van der Waals surface area contributed by atoms with Crippen LogP contribution in [0.3, 0.4) is 0 Å². The average molecular weight is 357 g/mol. The Kier molecular flexibility index (Phi) is 4.88. The number of hydrogen-bond acceptors (Lipinski definition) is 1. The van der Waals surface area contributed by atoms with Crippen LogP contribution in [0.2, 0.25) is 0 Å². The van der Waals surface area contributed by atoms with E-state index in [1.165, 1.54) is 53.5 Å². The number of rotatable bonds is 2. The Morgan fingerprint density at radius 2 is 1.58 bits per heavy atom. The van der Waals surface area contributed by atoms with Gasteiger partial charge in [0.15, 0.2) is 0 Å². The van der Waals surface area contributed by atoms with Gasteiger partial charge in [0.1, 0.15) is 0 Å². The van der Waals surface area contributed by atoms with Crippen LogP contribution in [0.15, 0.2) is 6.07 Å². The fourth-order valence-electron chi connectivity index (χ4n) is 6.81. The molecule has 0 radical (unpaired) electrons. The van der Waals surface area contributed by atoms with Gasteiger partial charge in [-0.05, 0) is 117 Å². The number of hydrogen-bond donors (Lipinski definition) is 1. The number of aryl methyl sites for hydroxylation is 1. The molecule has 0 aliphatic heterocycles. The monoisotopic (exact) mass is 356 g/mol. The fraction of sp³-hybridized carbons (Fsp3) is 0.760. The largest absolute Gasteiger partial charge is 0.390 e. The van der Waals surface area contributed by atoms with Gasteiger partial charge in [0, 0.05) is 0 Å². The molecule has 1 N–H and O–H groups in total. The van der Waals surface area contributed by atoms with Crippen LogP contribution < -0.4 is 0 Å². The Bertz CT molecular complexity index is 697. The summed E-state index contributed by atoms with van der Waals surface area (Å²) in [6.07, 6.45) is 7.05. The first-order chi connectivity index (χ1) is 11.9. The van der Waals surface area contributed by atoms with Gasteiger partial charge in [0.2, 0.25) is 0 Å². The Morgan fingerprint density at radius 1 is 0.923 bits per heavy atom. The van der Waals surface area contributed by atoms with Gasteiger partial charge in [-0.1, -0.05) is 33.3 Å². The fourth-order valence-corrected chi connectivity index (χ4v) is 6.81. The lowest BCUT2D eigenvalue weighted by molar-refractivity contribution is -0.166. The molecule has 146 valence electrons. The molecular formula is C25H40O. The number of fused-ring (bicyclic) bond motifs is 1. The molecule has 1 heteroatoms. The summed E-state index contributed by atoms with van der Waals surface area (Å²) < 4.78 is 0. The van der Waals surface area contributed by atoms with E-state index in [4.69, 9.17) is 0 Å². The second kappa shape index (κ2) is 6.36. The summed E-state index contributed by atoms with van der Waals surface area (Å²) in [5.41, 5.74) is 7.22. The van der Waals surface area contributed by atoms with Crippen molar-refractivity contribution in [2.24, 2.45) is 22.7 Å². The van der Waals surface area contributed by atoms with Crippen LogP contribution in [-0.2, 0) is 6.42 Å². The van der Waals surface area contributed by atoms with E-state index in [0.717, 1.165) is 18.8 Å². The highest BCUT2D eigenvalue weighted by Crippen LogP contribution is 2.62. The van der Waals surface area contributed by atoms with Crippen molar-refractivity contribution in [2.75, 3.05) is 0 Å². The quantitative estimate of drug-likeness (QED) is 0.645. The van der Waals surface area contributed by atoms with Crippen LogP contribution in [-0.4, -0.2) is 10.7 Å². The number of aliphatic hydroxyl groups is 1. The van der Waals surface area contributed by atoms with E-state index in [2.05, 4.69) is 61.5 Å². The molecule has 4 atom stereocenters. The first-order valence-corrected chi connectivity index (χ1v) is 10.7. The molecule has 0 aromatic heterocycles. The normalized spacial score (nSPS) is 36.7. The average Bonchev–Trinajstić information content (AvgIpc) is 2.52. The molecule has 1 aromatic carbocycles. The second-order valence-electron chi connectivity index (χ2n) is 10.8. The maximum absolute atomic E-state index is 11.5. The maximum Gasteiger partial charge on any atom is 0.0656 e. The highest BCUT2D eigenvalue weighted by Gasteiger charge is 2.57. The first kappa shape index (κ1) is 19.9. The summed E-state index contributed by atoms with van der Waals surface area (Å²) in [5, 5.41) is 11.5. The summed E-state index contributed by atoms with van der Waals surface area (Å²) in [5.74, 6) is 1.07. The van der Waals surface area contributed by atoms with Gasteiger partial charge in [-0.3, -0.25) is 0 Å². The molecule has 0 spiro atoms.